The lowest BCUT2D eigenvalue weighted by Crippen LogP contribution is -2.28. The minimum Gasteiger partial charge on any atom is -0.454 e. The highest BCUT2D eigenvalue weighted by Gasteiger charge is 2.17. The number of urea groups is 1. The van der Waals surface area contributed by atoms with Gasteiger partial charge in [0, 0.05) is 17.8 Å². The average Bonchev–Trinajstić information content (AvgIpc) is 3.37. The van der Waals surface area contributed by atoms with E-state index >= 15 is 0 Å². The average molecular weight is 433 g/mol. The summed E-state index contributed by atoms with van der Waals surface area (Å²) in [6.07, 6.45) is 0. The number of hydrogen-bond donors (Lipinski definition) is 3. The summed E-state index contributed by atoms with van der Waals surface area (Å²) >= 11 is 0.983. The first-order chi connectivity index (χ1) is 14.5. The summed E-state index contributed by atoms with van der Waals surface area (Å²) in [4.78, 5) is 24.2. The minimum atomic E-state index is -0.899. The van der Waals surface area contributed by atoms with Gasteiger partial charge in [0.15, 0.2) is 11.5 Å². The summed E-state index contributed by atoms with van der Waals surface area (Å²) in [6.45, 7) is 0.0878. The van der Waals surface area contributed by atoms with Crippen molar-refractivity contribution in [2.24, 2.45) is 0 Å². The Hall–Kier alpha value is -3.80. The Morgan fingerprint density at radius 3 is 2.70 bits per heavy atom. The molecule has 0 fully saturated rings. The van der Waals surface area contributed by atoms with E-state index in [4.69, 9.17) is 9.47 Å². The van der Waals surface area contributed by atoms with Crippen LogP contribution < -0.4 is 25.4 Å². The van der Waals surface area contributed by atoms with E-state index in [1.807, 2.05) is 0 Å². The van der Waals surface area contributed by atoms with Gasteiger partial charge in [-0.05, 0) is 24.3 Å². The van der Waals surface area contributed by atoms with E-state index in [2.05, 4.69) is 26.1 Å². The van der Waals surface area contributed by atoms with Gasteiger partial charge in [-0.3, -0.25) is 4.79 Å². The van der Waals surface area contributed by atoms with Crippen molar-refractivity contribution in [1.82, 2.24) is 15.5 Å². The van der Waals surface area contributed by atoms with Crippen molar-refractivity contribution in [3.05, 3.63) is 58.0 Å². The van der Waals surface area contributed by atoms with Crippen LogP contribution in [0.1, 0.15) is 14.8 Å². The zero-order chi connectivity index (χ0) is 21.1. The van der Waals surface area contributed by atoms with Crippen LogP contribution >= 0.6 is 11.3 Å². The number of fused-ring (bicyclic) bond motifs is 1. The highest BCUT2D eigenvalue weighted by Crippen LogP contribution is 2.34. The Kier molecular flexibility index (Phi) is 5.39. The third kappa shape index (κ3) is 4.43. The second kappa shape index (κ2) is 8.29. The third-order valence-electron chi connectivity index (χ3n) is 3.87. The van der Waals surface area contributed by atoms with Crippen molar-refractivity contribution >= 4 is 34.6 Å². The van der Waals surface area contributed by atoms with Gasteiger partial charge in [-0.15, -0.1) is 10.2 Å². The number of benzene rings is 2. The van der Waals surface area contributed by atoms with Gasteiger partial charge in [0.1, 0.15) is 16.6 Å². The van der Waals surface area contributed by atoms with Crippen LogP contribution in [0.2, 0.25) is 0 Å². The first-order valence-corrected chi connectivity index (χ1v) is 9.33. The fraction of sp³-hybridized carbons (Fsp3) is 0.111. The molecule has 1 aromatic heterocycles. The molecule has 154 valence electrons. The molecule has 1 aliphatic rings. The molecule has 0 spiro atoms. The molecule has 2 aromatic carbocycles. The van der Waals surface area contributed by atoms with E-state index < -0.39 is 23.6 Å². The quantitative estimate of drug-likeness (QED) is 0.570. The second-order valence-electron chi connectivity index (χ2n) is 5.95. The van der Waals surface area contributed by atoms with Gasteiger partial charge in [0.05, 0.1) is 12.2 Å². The van der Waals surface area contributed by atoms with Crippen molar-refractivity contribution in [1.29, 1.82) is 0 Å². The topological polar surface area (TPSA) is 114 Å². The number of carbonyl (C=O) groups excluding carboxylic acids is 2. The fourth-order valence-corrected chi connectivity index (χ4v) is 3.16. The van der Waals surface area contributed by atoms with Crippen LogP contribution in [0.15, 0.2) is 36.4 Å². The van der Waals surface area contributed by atoms with Crippen LogP contribution in [0.25, 0.3) is 0 Å². The molecule has 1 aliphatic heterocycles. The molecule has 0 saturated heterocycles. The number of amides is 3. The molecule has 3 amide bonds. The van der Waals surface area contributed by atoms with E-state index in [1.165, 1.54) is 0 Å². The second-order valence-corrected chi connectivity index (χ2v) is 7.02. The third-order valence-corrected chi connectivity index (χ3v) is 4.79. The fourth-order valence-electron chi connectivity index (χ4n) is 2.49. The SMILES string of the molecule is O=C(NCc1nnc(C(=O)Nc2ccc3c(c2)OCO3)s1)Nc1ccc(F)cc1F. The molecule has 0 radical (unpaired) electrons. The lowest BCUT2D eigenvalue weighted by molar-refractivity contribution is 0.102. The Morgan fingerprint density at radius 1 is 1.03 bits per heavy atom. The van der Waals surface area contributed by atoms with E-state index in [-0.39, 0.29) is 24.0 Å². The van der Waals surface area contributed by atoms with Crippen LogP contribution in [-0.4, -0.2) is 28.9 Å². The van der Waals surface area contributed by atoms with Gasteiger partial charge < -0.3 is 25.4 Å². The first-order valence-electron chi connectivity index (χ1n) is 8.51. The highest BCUT2D eigenvalue weighted by molar-refractivity contribution is 7.13. The number of carbonyl (C=O) groups is 2. The van der Waals surface area contributed by atoms with Gasteiger partial charge in [0.25, 0.3) is 5.91 Å². The molecule has 9 nitrogen and oxygen atoms in total. The molecule has 4 rings (SSSR count). The van der Waals surface area contributed by atoms with Crippen molar-refractivity contribution in [3.8, 4) is 11.5 Å². The molecule has 0 aliphatic carbocycles. The van der Waals surface area contributed by atoms with Crippen molar-refractivity contribution in [2.45, 2.75) is 6.54 Å². The summed E-state index contributed by atoms with van der Waals surface area (Å²) in [5.41, 5.74) is 0.329. The number of rotatable bonds is 5. The number of hydrogen-bond acceptors (Lipinski definition) is 7. The first kappa shape index (κ1) is 19.5. The van der Waals surface area contributed by atoms with Gasteiger partial charge in [0.2, 0.25) is 11.8 Å². The number of aromatic nitrogens is 2. The van der Waals surface area contributed by atoms with Crippen LogP contribution in [0.3, 0.4) is 0 Å². The summed E-state index contributed by atoms with van der Waals surface area (Å²) in [5, 5.41) is 15.5. The van der Waals surface area contributed by atoms with Crippen molar-refractivity contribution < 1.29 is 27.8 Å². The van der Waals surface area contributed by atoms with E-state index in [0.717, 1.165) is 23.5 Å². The minimum absolute atomic E-state index is 0.0381. The molecule has 0 unspecified atom stereocenters. The predicted octanol–water partition coefficient (Wildman–Crippen LogP) is 3.12. The molecule has 0 saturated carbocycles. The number of anilines is 2. The molecule has 12 heteroatoms. The predicted molar refractivity (Wildman–Crippen MR) is 103 cm³/mol. The normalized spacial score (nSPS) is 11.8. The molecular weight excluding hydrogens is 420 g/mol. The lowest BCUT2D eigenvalue weighted by atomic mass is 10.3. The van der Waals surface area contributed by atoms with Crippen molar-refractivity contribution in [3.63, 3.8) is 0 Å². The summed E-state index contributed by atoms with van der Waals surface area (Å²) < 4.78 is 36.9. The maximum absolute atomic E-state index is 13.6. The van der Waals surface area contributed by atoms with Gasteiger partial charge in [-0.2, -0.15) is 0 Å². The Labute approximate surface area is 172 Å². The zero-order valence-corrected chi connectivity index (χ0v) is 15.9. The summed E-state index contributed by atoms with van der Waals surface area (Å²) in [7, 11) is 0. The van der Waals surface area contributed by atoms with E-state index in [1.54, 1.807) is 18.2 Å². The van der Waals surface area contributed by atoms with Crippen LogP contribution in [0, 0.1) is 11.6 Å². The largest absolute Gasteiger partial charge is 0.454 e. The monoisotopic (exact) mass is 433 g/mol. The summed E-state index contributed by atoms with van der Waals surface area (Å²) in [5.74, 6) is -1.01. The maximum atomic E-state index is 13.6. The number of nitrogens with zero attached hydrogens (tertiary/aromatic N) is 2. The number of ether oxygens (including phenoxy) is 2. The smallest absolute Gasteiger partial charge is 0.319 e. The molecule has 3 N–H and O–H groups in total. The molecule has 3 aromatic rings. The van der Waals surface area contributed by atoms with E-state index in [9.17, 15) is 18.4 Å². The van der Waals surface area contributed by atoms with Crippen molar-refractivity contribution in [2.75, 3.05) is 17.4 Å². The highest BCUT2D eigenvalue weighted by atomic mass is 32.1. The van der Waals surface area contributed by atoms with Gasteiger partial charge in [-0.25, -0.2) is 13.6 Å². The molecule has 0 bridgehead atoms. The Morgan fingerprint density at radius 2 is 1.87 bits per heavy atom. The summed E-state index contributed by atoms with van der Waals surface area (Å²) in [6, 6.07) is 7.03. The number of halogens is 2. The number of nitrogens with one attached hydrogen (secondary N) is 3. The molecule has 30 heavy (non-hydrogen) atoms. The zero-order valence-electron chi connectivity index (χ0n) is 15.1. The van der Waals surface area contributed by atoms with Crippen LogP contribution in [0.4, 0.5) is 25.0 Å². The Balaban J connectivity index is 1.31. The molecule has 0 atom stereocenters. The maximum Gasteiger partial charge on any atom is 0.319 e. The Bertz CT molecular complexity index is 1120. The lowest BCUT2D eigenvalue weighted by Gasteiger charge is -2.07. The van der Waals surface area contributed by atoms with Crippen LogP contribution in [0.5, 0.6) is 11.5 Å². The van der Waals surface area contributed by atoms with Crippen LogP contribution in [-0.2, 0) is 6.54 Å². The molecular formula is C18H13F2N5O4S. The molecule has 2 heterocycles. The van der Waals surface area contributed by atoms with Gasteiger partial charge >= 0.3 is 6.03 Å². The van der Waals surface area contributed by atoms with E-state index in [0.29, 0.717) is 28.3 Å². The van der Waals surface area contributed by atoms with Gasteiger partial charge in [-0.1, -0.05) is 11.3 Å². The standard InChI is InChI=1S/C18H13F2N5O4S/c19-9-1-3-12(11(20)5-9)23-18(27)21-7-15-24-25-17(30-15)16(26)22-10-2-4-13-14(6-10)29-8-28-13/h1-6H,7-8H2,(H,22,26)(H2,21,23,27).